The van der Waals surface area contributed by atoms with Crippen molar-refractivity contribution in [2.45, 2.75) is 0 Å². The third kappa shape index (κ3) is 4.16. The number of anilines is 1. The van der Waals surface area contributed by atoms with Crippen LogP contribution in [0.25, 0.3) is 11.1 Å². The topological polar surface area (TPSA) is 66.9 Å². The van der Waals surface area contributed by atoms with Crippen molar-refractivity contribution < 1.29 is 4.79 Å². The molecule has 0 aliphatic rings. The summed E-state index contributed by atoms with van der Waals surface area (Å²) in [7, 11) is 0. The van der Waals surface area contributed by atoms with Crippen LogP contribution in [0, 0.1) is 0 Å². The maximum absolute atomic E-state index is 11.9. The normalized spacial score (nSPS) is 10.2. The van der Waals surface area contributed by atoms with Gasteiger partial charge in [-0.25, -0.2) is 4.98 Å². The van der Waals surface area contributed by atoms with Crippen LogP contribution in [0.1, 0.15) is 10.4 Å². The Morgan fingerprint density at radius 1 is 0.875 bits per heavy atom. The average Bonchev–Trinajstić information content (AvgIpc) is 2.67. The van der Waals surface area contributed by atoms with Gasteiger partial charge in [0.15, 0.2) is 0 Å². The summed E-state index contributed by atoms with van der Waals surface area (Å²) in [6.45, 7) is 1.14. The van der Waals surface area contributed by atoms with Crippen LogP contribution in [0.15, 0.2) is 73.2 Å². The lowest BCUT2D eigenvalue weighted by atomic mass is 10.1. The van der Waals surface area contributed by atoms with Crippen molar-refractivity contribution in [1.82, 2.24) is 15.3 Å². The Kier molecular flexibility index (Phi) is 5.14. The largest absolute Gasteiger partial charge is 0.368 e. The van der Waals surface area contributed by atoms with Crippen LogP contribution in [0.4, 0.5) is 5.82 Å². The van der Waals surface area contributed by atoms with Crippen LogP contribution in [0.2, 0.25) is 0 Å². The lowest BCUT2D eigenvalue weighted by molar-refractivity contribution is 0.0955. The Labute approximate surface area is 140 Å². The van der Waals surface area contributed by atoms with Gasteiger partial charge in [-0.05, 0) is 42.0 Å². The number of amides is 1. The van der Waals surface area contributed by atoms with Crippen LogP contribution >= 0.6 is 0 Å². The molecule has 0 unspecified atom stereocenters. The molecule has 0 fully saturated rings. The molecule has 3 rings (SSSR count). The van der Waals surface area contributed by atoms with E-state index < -0.39 is 0 Å². The SMILES string of the molecule is O=C(NCCNc1ccc(-c2ccncc2)cn1)c1ccccc1. The van der Waals surface area contributed by atoms with Crippen LogP contribution in [0.3, 0.4) is 0 Å². The Hall–Kier alpha value is -3.21. The third-order valence-electron chi connectivity index (χ3n) is 3.53. The lowest BCUT2D eigenvalue weighted by Crippen LogP contribution is -2.28. The van der Waals surface area contributed by atoms with Gasteiger partial charge >= 0.3 is 0 Å². The van der Waals surface area contributed by atoms with Gasteiger partial charge in [-0.2, -0.15) is 0 Å². The van der Waals surface area contributed by atoms with E-state index >= 15 is 0 Å². The summed E-state index contributed by atoms with van der Waals surface area (Å²) < 4.78 is 0. The zero-order chi connectivity index (χ0) is 16.6. The minimum Gasteiger partial charge on any atom is -0.368 e. The van der Waals surface area contributed by atoms with E-state index in [4.69, 9.17) is 0 Å². The summed E-state index contributed by atoms with van der Waals surface area (Å²) in [6, 6.07) is 17.0. The highest BCUT2D eigenvalue weighted by Gasteiger charge is 2.03. The molecule has 120 valence electrons. The van der Waals surface area contributed by atoms with E-state index in [1.165, 1.54) is 0 Å². The van der Waals surface area contributed by atoms with Gasteiger partial charge in [-0.1, -0.05) is 18.2 Å². The number of benzene rings is 1. The summed E-state index contributed by atoms with van der Waals surface area (Å²) >= 11 is 0. The van der Waals surface area contributed by atoms with Crippen molar-refractivity contribution in [2.24, 2.45) is 0 Å². The predicted molar refractivity (Wildman–Crippen MR) is 94.7 cm³/mol. The number of carbonyl (C=O) groups is 1. The molecule has 0 aliphatic carbocycles. The van der Waals surface area contributed by atoms with E-state index in [1.807, 2.05) is 48.7 Å². The van der Waals surface area contributed by atoms with E-state index in [0.717, 1.165) is 16.9 Å². The van der Waals surface area contributed by atoms with Crippen molar-refractivity contribution in [3.63, 3.8) is 0 Å². The van der Waals surface area contributed by atoms with Crippen LogP contribution in [-0.2, 0) is 0 Å². The van der Waals surface area contributed by atoms with E-state index in [0.29, 0.717) is 18.7 Å². The molecule has 0 radical (unpaired) electrons. The Morgan fingerprint density at radius 2 is 1.67 bits per heavy atom. The van der Waals surface area contributed by atoms with E-state index in [1.54, 1.807) is 24.5 Å². The van der Waals surface area contributed by atoms with Gasteiger partial charge in [-0.15, -0.1) is 0 Å². The maximum Gasteiger partial charge on any atom is 0.251 e. The molecule has 0 aliphatic heterocycles. The molecule has 5 heteroatoms. The number of rotatable bonds is 6. The molecule has 5 nitrogen and oxygen atoms in total. The highest BCUT2D eigenvalue weighted by Crippen LogP contribution is 2.18. The highest BCUT2D eigenvalue weighted by molar-refractivity contribution is 5.94. The van der Waals surface area contributed by atoms with Gasteiger partial charge in [-0.3, -0.25) is 9.78 Å². The summed E-state index contributed by atoms with van der Waals surface area (Å²) in [5.41, 5.74) is 2.79. The van der Waals surface area contributed by atoms with Crippen LogP contribution < -0.4 is 10.6 Å². The molecule has 0 bridgehead atoms. The fraction of sp³-hybridized carbons (Fsp3) is 0.105. The minimum absolute atomic E-state index is 0.0709. The fourth-order valence-electron chi connectivity index (χ4n) is 2.27. The molecule has 0 saturated heterocycles. The molecule has 24 heavy (non-hydrogen) atoms. The molecule has 2 N–H and O–H groups in total. The van der Waals surface area contributed by atoms with Crippen LogP contribution in [-0.4, -0.2) is 29.0 Å². The smallest absolute Gasteiger partial charge is 0.251 e. The second kappa shape index (κ2) is 7.87. The van der Waals surface area contributed by atoms with Crippen LogP contribution in [0.5, 0.6) is 0 Å². The molecular formula is C19H18N4O. The molecule has 2 heterocycles. The molecule has 0 spiro atoms. The van der Waals surface area contributed by atoms with Gasteiger partial charge in [0.05, 0.1) is 0 Å². The number of nitrogens with one attached hydrogen (secondary N) is 2. The zero-order valence-corrected chi connectivity index (χ0v) is 13.1. The first-order valence-corrected chi connectivity index (χ1v) is 7.76. The van der Waals surface area contributed by atoms with Crippen molar-refractivity contribution >= 4 is 11.7 Å². The summed E-state index contributed by atoms with van der Waals surface area (Å²) in [5.74, 6) is 0.708. The van der Waals surface area contributed by atoms with E-state index in [-0.39, 0.29) is 5.91 Å². The van der Waals surface area contributed by atoms with Gasteiger partial charge in [0.25, 0.3) is 5.91 Å². The highest BCUT2D eigenvalue weighted by atomic mass is 16.1. The molecule has 0 atom stereocenters. The first-order valence-electron chi connectivity index (χ1n) is 7.76. The lowest BCUT2D eigenvalue weighted by Gasteiger charge is -2.08. The maximum atomic E-state index is 11.9. The summed E-state index contributed by atoms with van der Waals surface area (Å²) in [4.78, 5) is 20.3. The van der Waals surface area contributed by atoms with E-state index in [9.17, 15) is 4.79 Å². The Morgan fingerprint density at radius 3 is 2.38 bits per heavy atom. The Balaban J connectivity index is 1.46. The molecule has 3 aromatic rings. The number of carbonyl (C=O) groups excluding carboxylic acids is 1. The molecule has 1 aromatic carbocycles. The summed E-state index contributed by atoms with van der Waals surface area (Å²) in [6.07, 6.45) is 5.34. The zero-order valence-electron chi connectivity index (χ0n) is 13.1. The summed E-state index contributed by atoms with van der Waals surface area (Å²) in [5, 5.41) is 6.06. The second-order valence-electron chi connectivity index (χ2n) is 5.22. The minimum atomic E-state index is -0.0709. The number of nitrogens with zero attached hydrogens (tertiary/aromatic N) is 2. The van der Waals surface area contributed by atoms with E-state index in [2.05, 4.69) is 20.6 Å². The van der Waals surface area contributed by atoms with Crippen molar-refractivity contribution in [3.05, 3.63) is 78.8 Å². The predicted octanol–water partition coefficient (Wildman–Crippen LogP) is 2.99. The monoisotopic (exact) mass is 318 g/mol. The molecule has 2 aromatic heterocycles. The first-order chi connectivity index (χ1) is 11.8. The van der Waals surface area contributed by atoms with Crippen molar-refractivity contribution in [3.8, 4) is 11.1 Å². The van der Waals surface area contributed by atoms with Gasteiger partial charge in [0.1, 0.15) is 5.82 Å². The second-order valence-corrected chi connectivity index (χ2v) is 5.22. The fourth-order valence-corrected chi connectivity index (χ4v) is 2.27. The first kappa shape index (κ1) is 15.7. The van der Waals surface area contributed by atoms with Crippen molar-refractivity contribution in [2.75, 3.05) is 18.4 Å². The number of aromatic nitrogens is 2. The van der Waals surface area contributed by atoms with Gasteiger partial charge < -0.3 is 10.6 Å². The molecule has 0 saturated carbocycles. The van der Waals surface area contributed by atoms with Gasteiger partial charge in [0, 0.05) is 42.8 Å². The van der Waals surface area contributed by atoms with Crippen molar-refractivity contribution in [1.29, 1.82) is 0 Å². The Bertz CT molecular complexity index is 773. The number of pyridine rings is 2. The number of hydrogen-bond donors (Lipinski definition) is 2. The van der Waals surface area contributed by atoms with Gasteiger partial charge in [0.2, 0.25) is 0 Å². The number of hydrogen-bond acceptors (Lipinski definition) is 4. The molecule has 1 amide bonds. The third-order valence-corrected chi connectivity index (χ3v) is 3.53. The quantitative estimate of drug-likeness (QED) is 0.686. The standard InChI is InChI=1S/C19H18N4O/c24-19(16-4-2-1-3-5-16)22-13-12-21-18-7-6-17(14-23-18)15-8-10-20-11-9-15/h1-11,14H,12-13H2,(H,21,23)(H,22,24). The average molecular weight is 318 g/mol. The molecular weight excluding hydrogens is 300 g/mol.